The van der Waals surface area contributed by atoms with Crippen LogP contribution in [0.1, 0.15) is 33.2 Å². The Hall–Kier alpha value is -2.67. The molecule has 0 spiro atoms. The van der Waals surface area contributed by atoms with Crippen molar-refractivity contribution in [1.82, 2.24) is 0 Å². The van der Waals surface area contributed by atoms with Gasteiger partial charge in [0.1, 0.15) is 0 Å². The van der Waals surface area contributed by atoms with Crippen molar-refractivity contribution in [2.24, 2.45) is 0 Å². The first-order chi connectivity index (χ1) is 11.7. The summed E-state index contributed by atoms with van der Waals surface area (Å²) < 4.78 is 29.9. The third kappa shape index (κ3) is 5.15. The van der Waals surface area contributed by atoms with Crippen LogP contribution in [0.5, 0.6) is 0 Å². The zero-order valence-corrected chi connectivity index (χ0v) is 15.0. The Bertz CT molecular complexity index is 888. The van der Waals surface area contributed by atoms with Crippen molar-refractivity contribution >= 4 is 27.5 Å². The number of ketones is 1. The van der Waals surface area contributed by atoms with Gasteiger partial charge in [0, 0.05) is 11.3 Å². The van der Waals surface area contributed by atoms with Gasteiger partial charge in [-0.1, -0.05) is 18.2 Å². The van der Waals surface area contributed by atoms with Crippen LogP contribution in [0.2, 0.25) is 0 Å². The van der Waals surface area contributed by atoms with E-state index in [0.717, 1.165) is 11.8 Å². The number of nitrogens with one attached hydrogen (secondary N) is 1. The summed E-state index contributed by atoms with van der Waals surface area (Å²) >= 11 is 0. The van der Waals surface area contributed by atoms with Gasteiger partial charge in [-0.15, -0.1) is 0 Å². The van der Waals surface area contributed by atoms with Gasteiger partial charge in [-0.05, 0) is 49.7 Å². The second kappa shape index (κ2) is 7.48. The average molecular weight is 361 g/mol. The quantitative estimate of drug-likeness (QED) is 0.631. The van der Waals surface area contributed by atoms with E-state index in [1.165, 1.54) is 31.2 Å². The van der Waals surface area contributed by atoms with Crippen molar-refractivity contribution in [3.05, 3.63) is 65.2 Å². The lowest BCUT2D eigenvalue weighted by atomic mass is 10.1. The van der Waals surface area contributed by atoms with E-state index in [1.807, 2.05) is 6.07 Å². The number of ether oxygens (including phenoxy) is 1. The minimum Gasteiger partial charge on any atom is -0.451 e. The monoisotopic (exact) mass is 361 g/mol. The lowest BCUT2D eigenvalue weighted by Gasteiger charge is -2.13. The van der Waals surface area contributed by atoms with Crippen LogP contribution in [0.4, 0.5) is 5.69 Å². The normalized spacial score (nSPS) is 12.3. The topological polar surface area (TPSA) is 89.5 Å². The molecule has 0 aliphatic rings. The van der Waals surface area contributed by atoms with Gasteiger partial charge >= 0.3 is 5.97 Å². The predicted octanol–water partition coefficient (Wildman–Crippen LogP) is 2.79. The Labute approximate surface area is 146 Å². The smallest absolute Gasteiger partial charge is 0.339 e. The molecule has 25 heavy (non-hydrogen) atoms. The Morgan fingerprint density at radius 3 is 2.20 bits per heavy atom. The highest BCUT2D eigenvalue weighted by Crippen LogP contribution is 2.15. The molecule has 1 N–H and O–H groups in total. The molecule has 0 amide bonds. The van der Waals surface area contributed by atoms with Crippen molar-refractivity contribution in [2.75, 3.05) is 11.0 Å². The van der Waals surface area contributed by atoms with E-state index < -0.39 is 22.1 Å². The van der Waals surface area contributed by atoms with Crippen LogP contribution in [0.3, 0.4) is 0 Å². The molecule has 1 atom stereocenters. The average Bonchev–Trinajstić information content (AvgIpc) is 2.53. The van der Waals surface area contributed by atoms with Gasteiger partial charge < -0.3 is 4.74 Å². The first kappa shape index (κ1) is 18.7. The molecule has 0 aliphatic heterocycles. The van der Waals surface area contributed by atoms with Crippen LogP contribution < -0.4 is 4.72 Å². The molecule has 0 fully saturated rings. The zero-order valence-electron chi connectivity index (χ0n) is 14.1. The van der Waals surface area contributed by atoms with Crippen molar-refractivity contribution in [2.45, 2.75) is 20.0 Å². The fourth-order valence-electron chi connectivity index (χ4n) is 2.23. The maximum atomic E-state index is 12.4. The van der Waals surface area contributed by atoms with Crippen LogP contribution in [0.25, 0.3) is 0 Å². The molecule has 0 unspecified atom stereocenters. The minimum absolute atomic E-state index is 0.323. The molecule has 6 nitrogen and oxygen atoms in total. The maximum absolute atomic E-state index is 12.4. The molecular formula is C18H19NO5S. The van der Waals surface area contributed by atoms with E-state index in [2.05, 4.69) is 4.72 Å². The number of Topliss-reactive ketones (excluding diaryl/α,β-unsaturated/α-hetero) is 1. The van der Waals surface area contributed by atoms with Crippen LogP contribution in [0.15, 0.2) is 48.5 Å². The van der Waals surface area contributed by atoms with E-state index in [4.69, 9.17) is 4.74 Å². The molecule has 2 rings (SSSR count). The number of hydrogen-bond donors (Lipinski definition) is 1. The van der Waals surface area contributed by atoms with Crippen molar-refractivity contribution in [3.63, 3.8) is 0 Å². The second-order valence-corrected chi connectivity index (χ2v) is 7.43. The molecule has 0 bridgehead atoms. The number of esters is 1. The largest absolute Gasteiger partial charge is 0.451 e. The Kier molecular flexibility index (Phi) is 5.58. The molecule has 0 heterocycles. The summed E-state index contributed by atoms with van der Waals surface area (Å²) in [5, 5.41) is 0. The van der Waals surface area contributed by atoms with Gasteiger partial charge in [0.05, 0.1) is 11.8 Å². The van der Waals surface area contributed by atoms with Gasteiger partial charge in [0.15, 0.2) is 6.10 Å². The minimum atomic E-state index is -3.38. The van der Waals surface area contributed by atoms with Gasteiger partial charge in [-0.25, -0.2) is 13.2 Å². The van der Waals surface area contributed by atoms with Crippen LogP contribution in [0, 0.1) is 6.92 Å². The van der Waals surface area contributed by atoms with Crippen LogP contribution >= 0.6 is 0 Å². The molecule has 132 valence electrons. The first-order valence-electron chi connectivity index (χ1n) is 7.56. The van der Waals surface area contributed by atoms with E-state index in [9.17, 15) is 18.0 Å². The Balaban J connectivity index is 2.07. The van der Waals surface area contributed by atoms with Crippen molar-refractivity contribution in [3.8, 4) is 0 Å². The zero-order chi connectivity index (χ0) is 18.6. The lowest BCUT2D eigenvalue weighted by molar-refractivity contribution is 0.0318. The summed E-state index contributed by atoms with van der Waals surface area (Å²) in [6.07, 6.45) is 0.0833. The van der Waals surface area contributed by atoms with E-state index in [-0.39, 0.29) is 5.78 Å². The molecule has 0 saturated heterocycles. The number of carbonyl (C=O) groups excluding carboxylic acids is 2. The molecule has 0 saturated carbocycles. The molecular weight excluding hydrogens is 342 g/mol. The Morgan fingerprint density at radius 2 is 1.64 bits per heavy atom. The number of aryl methyl sites for hydroxylation is 1. The SMILES string of the molecule is Cc1ccccc1C(=O)O[C@H](C)C(=O)c1ccc(NS(C)(=O)=O)cc1. The van der Waals surface area contributed by atoms with Crippen molar-refractivity contribution < 1.29 is 22.7 Å². The number of benzene rings is 2. The number of rotatable bonds is 6. The van der Waals surface area contributed by atoms with E-state index in [1.54, 1.807) is 25.1 Å². The van der Waals surface area contributed by atoms with Gasteiger partial charge in [-0.2, -0.15) is 0 Å². The highest BCUT2D eigenvalue weighted by atomic mass is 32.2. The van der Waals surface area contributed by atoms with Gasteiger partial charge in [-0.3, -0.25) is 9.52 Å². The summed E-state index contributed by atoms with van der Waals surface area (Å²) in [5.74, 6) is -0.929. The van der Waals surface area contributed by atoms with Crippen molar-refractivity contribution in [1.29, 1.82) is 0 Å². The first-order valence-corrected chi connectivity index (χ1v) is 9.45. The molecule has 0 aliphatic carbocycles. The highest BCUT2D eigenvalue weighted by Gasteiger charge is 2.21. The fourth-order valence-corrected chi connectivity index (χ4v) is 2.80. The summed E-state index contributed by atoms with van der Waals surface area (Å²) in [4.78, 5) is 24.5. The molecule has 0 radical (unpaired) electrons. The standard InChI is InChI=1S/C18H19NO5S/c1-12-6-4-5-7-16(12)18(21)24-13(2)17(20)14-8-10-15(11-9-14)19-25(3,22)23/h4-11,13,19H,1-3H3/t13-/m1/s1. The fraction of sp³-hybridized carbons (Fsp3) is 0.222. The number of carbonyl (C=O) groups is 2. The maximum Gasteiger partial charge on any atom is 0.339 e. The van der Waals surface area contributed by atoms with E-state index in [0.29, 0.717) is 16.8 Å². The predicted molar refractivity (Wildman–Crippen MR) is 95.3 cm³/mol. The second-order valence-electron chi connectivity index (χ2n) is 5.68. The summed E-state index contributed by atoms with van der Waals surface area (Å²) in [6.45, 7) is 3.29. The molecule has 7 heteroatoms. The number of hydrogen-bond acceptors (Lipinski definition) is 5. The third-order valence-corrected chi connectivity index (χ3v) is 4.10. The molecule has 2 aromatic carbocycles. The summed E-state index contributed by atoms with van der Waals surface area (Å²) in [5.41, 5.74) is 1.85. The highest BCUT2D eigenvalue weighted by molar-refractivity contribution is 7.92. The number of anilines is 1. The van der Waals surface area contributed by atoms with Crippen LogP contribution in [-0.2, 0) is 14.8 Å². The van der Waals surface area contributed by atoms with Gasteiger partial charge in [0.25, 0.3) is 0 Å². The lowest BCUT2D eigenvalue weighted by Crippen LogP contribution is -2.24. The number of sulfonamides is 1. The molecule has 2 aromatic rings. The van der Waals surface area contributed by atoms with Gasteiger partial charge in [0.2, 0.25) is 15.8 Å². The van der Waals surface area contributed by atoms with E-state index >= 15 is 0 Å². The van der Waals surface area contributed by atoms with Crippen LogP contribution in [-0.4, -0.2) is 32.5 Å². The summed E-state index contributed by atoms with van der Waals surface area (Å²) in [6, 6.07) is 12.9. The summed E-state index contributed by atoms with van der Waals surface area (Å²) in [7, 11) is -3.38. The Morgan fingerprint density at radius 1 is 1.04 bits per heavy atom. The molecule has 0 aromatic heterocycles. The third-order valence-electron chi connectivity index (χ3n) is 3.49.